The van der Waals surface area contributed by atoms with E-state index >= 15 is 0 Å². The summed E-state index contributed by atoms with van der Waals surface area (Å²) >= 11 is 6.14. The van der Waals surface area contributed by atoms with Gasteiger partial charge in [0.15, 0.2) is 0 Å². The maximum atomic E-state index is 12.5. The number of aryl methyl sites for hydroxylation is 1. The highest BCUT2D eigenvalue weighted by molar-refractivity contribution is 6.31. The maximum absolute atomic E-state index is 12.5. The number of amides is 1. The lowest BCUT2D eigenvalue weighted by atomic mass is 10.0. The summed E-state index contributed by atoms with van der Waals surface area (Å²) < 4.78 is 1.65. The van der Waals surface area contributed by atoms with Crippen LogP contribution in [0.25, 0.3) is 0 Å². The smallest absolute Gasteiger partial charge is 0.305 e. The van der Waals surface area contributed by atoms with E-state index < -0.39 is 17.9 Å². The molecule has 128 valence electrons. The molecule has 0 saturated carbocycles. The number of hydrogen-bond acceptors (Lipinski definition) is 3. The highest BCUT2D eigenvalue weighted by atomic mass is 35.5. The van der Waals surface area contributed by atoms with Gasteiger partial charge in [-0.1, -0.05) is 43.6 Å². The number of benzene rings is 1. The maximum Gasteiger partial charge on any atom is 0.305 e. The number of carboxylic acids is 1. The van der Waals surface area contributed by atoms with E-state index in [2.05, 4.69) is 10.4 Å². The first kappa shape index (κ1) is 18.0. The van der Waals surface area contributed by atoms with Crippen molar-refractivity contribution in [2.75, 3.05) is 0 Å². The predicted molar refractivity (Wildman–Crippen MR) is 91.2 cm³/mol. The van der Waals surface area contributed by atoms with Gasteiger partial charge >= 0.3 is 5.97 Å². The second kappa shape index (κ2) is 7.49. The summed E-state index contributed by atoms with van der Waals surface area (Å²) in [6, 6.07) is 7.85. The van der Waals surface area contributed by atoms with Crippen molar-refractivity contribution in [2.24, 2.45) is 7.05 Å². The molecule has 0 spiro atoms. The monoisotopic (exact) mass is 349 g/mol. The first-order valence-electron chi connectivity index (χ1n) is 7.60. The van der Waals surface area contributed by atoms with E-state index in [-0.39, 0.29) is 18.0 Å². The van der Waals surface area contributed by atoms with E-state index in [1.165, 1.54) is 0 Å². The first-order chi connectivity index (χ1) is 11.3. The zero-order chi connectivity index (χ0) is 17.9. The zero-order valence-corrected chi connectivity index (χ0v) is 14.5. The molecule has 2 aromatic rings. The Hall–Kier alpha value is -2.34. The van der Waals surface area contributed by atoms with Crippen LogP contribution in [-0.2, 0) is 11.8 Å². The third kappa shape index (κ3) is 4.14. The van der Waals surface area contributed by atoms with Crippen LogP contribution in [0.1, 0.15) is 54.0 Å². The fourth-order valence-corrected chi connectivity index (χ4v) is 2.80. The molecule has 0 radical (unpaired) electrons. The van der Waals surface area contributed by atoms with Gasteiger partial charge in [-0.15, -0.1) is 0 Å². The molecule has 2 N–H and O–H groups in total. The minimum Gasteiger partial charge on any atom is -0.481 e. The number of aliphatic carboxylic acids is 1. The number of carbonyl (C=O) groups excluding carboxylic acids is 1. The van der Waals surface area contributed by atoms with Crippen molar-refractivity contribution >= 4 is 23.5 Å². The molecule has 0 aliphatic rings. The minimum atomic E-state index is -1.02. The van der Waals surface area contributed by atoms with Gasteiger partial charge in [-0.25, -0.2) is 0 Å². The molecule has 2 rings (SSSR count). The molecule has 1 heterocycles. The topological polar surface area (TPSA) is 84.2 Å². The molecule has 24 heavy (non-hydrogen) atoms. The number of nitrogens with zero attached hydrogens (tertiary/aromatic N) is 2. The number of halogens is 1. The molecular weight excluding hydrogens is 330 g/mol. The van der Waals surface area contributed by atoms with Gasteiger partial charge in [0, 0.05) is 17.8 Å². The highest BCUT2D eigenvalue weighted by Gasteiger charge is 2.23. The fourth-order valence-electron chi connectivity index (χ4n) is 2.54. The van der Waals surface area contributed by atoms with Gasteiger partial charge in [0.05, 0.1) is 12.5 Å². The Kier molecular flexibility index (Phi) is 5.62. The number of nitrogens with one attached hydrogen (secondary N) is 1. The lowest BCUT2D eigenvalue weighted by Crippen LogP contribution is -2.30. The van der Waals surface area contributed by atoms with Gasteiger partial charge in [-0.05, 0) is 23.6 Å². The molecule has 1 aromatic carbocycles. The normalized spacial score (nSPS) is 12.2. The molecule has 6 nitrogen and oxygen atoms in total. The largest absolute Gasteiger partial charge is 0.481 e. The van der Waals surface area contributed by atoms with Crippen molar-refractivity contribution < 1.29 is 14.7 Å². The first-order valence-corrected chi connectivity index (χ1v) is 7.98. The van der Waals surface area contributed by atoms with Crippen LogP contribution in [0.15, 0.2) is 30.3 Å². The Morgan fingerprint density at radius 3 is 2.54 bits per heavy atom. The molecule has 0 bridgehead atoms. The predicted octanol–water partition coefficient (Wildman–Crippen LogP) is 3.14. The van der Waals surface area contributed by atoms with Crippen LogP contribution in [0.4, 0.5) is 0 Å². The SMILES string of the molecule is CC(C)c1cc(C(=O)N[C@H](CC(=O)O)c2ccccc2Cl)nn1C. The number of aromatic nitrogens is 2. The Morgan fingerprint density at radius 1 is 1.33 bits per heavy atom. The van der Waals surface area contributed by atoms with Gasteiger partial charge in [0.1, 0.15) is 5.69 Å². The average Bonchev–Trinajstić information content (AvgIpc) is 2.89. The van der Waals surface area contributed by atoms with Crippen LogP contribution in [-0.4, -0.2) is 26.8 Å². The Balaban J connectivity index is 2.26. The van der Waals surface area contributed by atoms with E-state index in [1.807, 2.05) is 13.8 Å². The summed E-state index contributed by atoms with van der Waals surface area (Å²) in [5, 5.41) is 16.5. The number of carbonyl (C=O) groups is 2. The second-order valence-electron chi connectivity index (χ2n) is 5.88. The molecule has 1 amide bonds. The molecule has 0 unspecified atom stereocenters. The van der Waals surface area contributed by atoms with Crippen molar-refractivity contribution in [1.82, 2.24) is 15.1 Å². The van der Waals surface area contributed by atoms with E-state index in [1.54, 1.807) is 42.1 Å². The van der Waals surface area contributed by atoms with Crippen LogP contribution in [0, 0.1) is 0 Å². The summed E-state index contributed by atoms with van der Waals surface area (Å²) in [6.07, 6.45) is -0.265. The number of hydrogen-bond donors (Lipinski definition) is 2. The number of carboxylic acid groups (broad SMARTS) is 1. The van der Waals surface area contributed by atoms with E-state index in [4.69, 9.17) is 16.7 Å². The van der Waals surface area contributed by atoms with Crippen LogP contribution in [0.2, 0.25) is 5.02 Å². The van der Waals surface area contributed by atoms with E-state index in [0.29, 0.717) is 10.6 Å². The molecule has 0 aliphatic carbocycles. The Labute approximate surface area is 145 Å². The van der Waals surface area contributed by atoms with Gasteiger partial charge in [-0.2, -0.15) is 5.10 Å². The average molecular weight is 350 g/mol. The van der Waals surface area contributed by atoms with Crippen molar-refractivity contribution in [3.05, 3.63) is 52.3 Å². The van der Waals surface area contributed by atoms with Crippen molar-refractivity contribution in [3.8, 4) is 0 Å². The van der Waals surface area contributed by atoms with Crippen molar-refractivity contribution in [1.29, 1.82) is 0 Å². The molecule has 7 heteroatoms. The minimum absolute atomic E-state index is 0.224. The standard InChI is InChI=1S/C17H20ClN3O3/c1-10(2)15-8-14(20-21(15)3)17(24)19-13(9-16(22)23)11-6-4-5-7-12(11)18/h4-8,10,13H,9H2,1-3H3,(H,19,24)(H,22,23)/t13-/m1/s1. The molecule has 0 saturated heterocycles. The van der Waals surface area contributed by atoms with Gasteiger partial charge in [0.25, 0.3) is 5.91 Å². The lowest BCUT2D eigenvalue weighted by molar-refractivity contribution is -0.137. The molecule has 1 aromatic heterocycles. The fraction of sp³-hybridized carbons (Fsp3) is 0.353. The Bertz CT molecular complexity index is 755. The summed E-state index contributed by atoms with van der Waals surface area (Å²) in [5.41, 5.74) is 1.74. The van der Waals surface area contributed by atoms with Gasteiger partial charge in [-0.3, -0.25) is 14.3 Å². The summed E-state index contributed by atoms with van der Waals surface area (Å²) in [6.45, 7) is 4.02. The van der Waals surface area contributed by atoms with Crippen molar-refractivity contribution in [2.45, 2.75) is 32.2 Å². The van der Waals surface area contributed by atoms with Gasteiger partial charge < -0.3 is 10.4 Å². The molecule has 0 aliphatic heterocycles. The highest BCUT2D eigenvalue weighted by Crippen LogP contribution is 2.25. The summed E-state index contributed by atoms with van der Waals surface area (Å²) in [7, 11) is 1.77. The van der Waals surface area contributed by atoms with Crippen LogP contribution < -0.4 is 5.32 Å². The zero-order valence-electron chi connectivity index (χ0n) is 13.8. The third-order valence-corrected chi connectivity index (χ3v) is 4.05. The molecular formula is C17H20ClN3O3. The molecule has 0 fully saturated rings. The summed E-state index contributed by atoms with van der Waals surface area (Å²) in [4.78, 5) is 23.6. The van der Waals surface area contributed by atoms with Crippen LogP contribution >= 0.6 is 11.6 Å². The van der Waals surface area contributed by atoms with Crippen LogP contribution in [0.5, 0.6) is 0 Å². The van der Waals surface area contributed by atoms with Crippen molar-refractivity contribution in [3.63, 3.8) is 0 Å². The third-order valence-electron chi connectivity index (χ3n) is 3.70. The van der Waals surface area contributed by atoms with E-state index in [0.717, 1.165) is 5.69 Å². The second-order valence-corrected chi connectivity index (χ2v) is 6.29. The summed E-state index contributed by atoms with van der Waals surface area (Å²) in [5.74, 6) is -1.23. The van der Waals surface area contributed by atoms with Gasteiger partial charge in [0.2, 0.25) is 0 Å². The molecule has 1 atom stereocenters. The van der Waals surface area contributed by atoms with Crippen LogP contribution in [0.3, 0.4) is 0 Å². The number of rotatable bonds is 6. The Morgan fingerprint density at radius 2 is 2.00 bits per heavy atom. The van der Waals surface area contributed by atoms with E-state index in [9.17, 15) is 9.59 Å². The quantitative estimate of drug-likeness (QED) is 0.839. The lowest BCUT2D eigenvalue weighted by Gasteiger charge is -2.18.